The molecule has 3 heteroatoms. The number of nitrogens with zero attached hydrogens (tertiary/aromatic N) is 1. The second kappa shape index (κ2) is 3.63. The minimum absolute atomic E-state index is 0.369. The van der Waals surface area contributed by atoms with Crippen LogP contribution in [0.15, 0.2) is 11.6 Å². The molecule has 1 aliphatic carbocycles. The van der Waals surface area contributed by atoms with E-state index in [1.165, 1.54) is 11.4 Å². The lowest BCUT2D eigenvalue weighted by Crippen LogP contribution is -2.36. The van der Waals surface area contributed by atoms with Gasteiger partial charge in [-0.2, -0.15) is 0 Å². The Kier molecular flexibility index (Phi) is 2.62. The maximum atomic E-state index is 6.03. The molecule has 2 rings (SSSR count). The van der Waals surface area contributed by atoms with Crippen molar-refractivity contribution in [3.05, 3.63) is 16.6 Å². The van der Waals surface area contributed by atoms with Crippen LogP contribution in [-0.4, -0.2) is 11.0 Å². The van der Waals surface area contributed by atoms with Crippen molar-refractivity contribution < 1.29 is 0 Å². The van der Waals surface area contributed by atoms with E-state index in [0.717, 1.165) is 12.8 Å². The Labute approximate surface area is 89.5 Å². The van der Waals surface area contributed by atoms with E-state index in [-0.39, 0.29) is 0 Å². The third-order valence-corrected chi connectivity index (χ3v) is 4.28. The summed E-state index contributed by atoms with van der Waals surface area (Å²) in [7, 11) is 0. The minimum Gasteiger partial charge on any atom is -0.328 e. The van der Waals surface area contributed by atoms with E-state index in [1.54, 1.807) is 11.3 Å². The van der Waals surface area contributed by atoms with Gasteiger partial charge in [-0.25, -0.2) is 4.98 Å². The summed E-state index contributed by atoms with van der Waals surface area (Å²) in [6, 6.07) is 0.372. The highest BCUT2D eigenvalue weighted by atomic mass is 32.1. The van der Waals surface area contributed by atoms with Crippen molar-refractivity contribution in [2.24, 2.45) is 11.1 Å². The number of aromatic nitrogens is 1. The fourth-order valence-electron chi connectivity index (χ4n) is 2.31. The molecule has 1 aromatic rings. The van der Waals surface area contributed by atoms with Gasteiger partial charge in [0.15, 0.2) is 0 Å². The predicted molar refractivity (Wildman–Crippen MR) is 60.5 cm³/mol. The molecule has 1 aromatic heterocycles. The van der Waals surface area contributed by atoms with Gasteiger partial charge >= 0.3 is 0 Å². The maximum Gasteiger partial charge on any atom is 0.0961 e. The standard InChI is InChI=1S/C11H18N2S/c1-11(2)4-3-8(12)7-9(11)10-13-5-6-14-10/h5-6,8-9H,3-4,7,12H2,1-2H3. The zero-order valence-electron chi connectivity index (χ0n) is 8.86. The van der Waals surface area contributed by atoms with Crippen LogP contribution >= 0.6 is 11.3 Å². The average molecular weight is 210 g/mol. The highest BCUT2D eigenvalue weighted by molar-refractivity contribution is 7.09. The van der Waals surface area contributed by atoms with Gasteiger partial charge in [0.25, 0.3) is 0 Å². The lowest BCUT2D eigenvalue weighted by molar-refractivity contribution is 0.182. The molecule has 2 N–H and O–H groups in total. The Hall–Kier alpha value is -0.410. The maximum absolute atomic E-state index is 6.03. The molecule has 0 aliphatic heterocycles. The zero-order chi connectivity index (χ0) is 10.2. The van der Waals surface area contributed by atoms with E-state index < -0.39 is 0 Å². The van der Waals surface area contributed by atoms with Crippen molar-refractivity contribution in [3.8, 4) is 0 Å². The number of hydrogen-bond acceptors (Lipinski definition) is 3. The van der Waals surface area contributed by atoms with Crippen molar-refractivity contribution >= 4 is 11.3 Å². The molecule has 0 amide bonds. The molecule has 78 valence electrons. The van der Waals surface area contributed by atoms with Crippen LogP contribution in [-0.2, 0) is 0 Å². The second-order valence-corrected chi connectivity index (χ2v) is 5.87. The van der Waals surface area contributed by atoms with Crippen LogP contribution in [0.1, 0.15) is 44.0 Å². The summed E-state index contributed by atoms with van der Waals surface area (Å²) < 4.78 is 0. The molecule has 0 bridgehead atoms. The van der Waals surface area contributed by atoms with Gasteiger partial charge in [-0.3, -0.25) is 0 Å². The van der Waals surface area contributed by atoms with Crippen LogP contribution in [0.4, 0.5) is 0 Å². The molecule has 2 atom stereocenters. The molecule has 2 nitrogen and oxygen atoms in total. The monoisotopic (exact) mass is 210 g/mol. The van der Waals surface area contributed by atoms with Gasteiger partial charge in [0.2, 0.25) is 0 Å². The van der Waals surface area contributed by atoms with Gasteiger partial charge in [0.05, 0.1) is 5.01 Å². The smallest absolute Gasteiger partial charge is 0.0961 e. The summed E-state index contributed by atoms with van der Waals surface area (Å²) in [5.41, 5.74) is 6.40. The molecular formula is C11H18N2S. The molecule has 0 spiro atoms. The summed E-state index contributed by atoms with van der Waals surface area (Å²) in [6.07, 6.45) is 5.38. The van der Waals surface area contributed by atoms with Gasteiger partial charge in [0.1, 0.15) is 0 Å². The Morgan fingerprint density at radius 3 is 3.00 bits per heavy atom. The first kappa shape index (κ1) is 10.1. The molecule has 0 aromatic carbocycles. The van der Waals surface area contributed by atoms with E-state index in [1.807, 2.05) is 6.20 Å². The van der Waals surface area contributed by atoms with Crippen LogP contribution in [0.3, 0.4) is 0 Å². The summed E-state index contributed by atoms with van der Waals surface area (Å²) in [5.74, 6) is 0.561. The minimum atomic E-state index is 0.369. The molecule has 0 saturated heterocycles. The fourth-order valence-corrected chi connectivity index (χ4v) is 3.28. The van der Waals surface area contributed by atoms with E-state index >= 15 is 0 Å². The second-order valence-electron chi connectivity index (χ2n) is 4.95. The van der Waals surface area contributed by atoms with Crippen molar-refractivity contribution in [2.45, 2.75) is 45.1 Å². The van der Waals surface area contributed by atoms with Gasteiger partial charge in [-0.15, -0.1) is 11.3 Å². The topological polar surface area (TPSA) is 38.9 Å². The number of rotatable bonds is 1. The summed E-state index contributed by atoms with van der Waals surface area (Å²) in [4.78, 5) is 4.43. The molecule has 1 aliphatic rings. The third-order valence-electron chi connectivity index (χ3n) is 3.39. The summed E-state index contributed by atoms with van der Waals surface area (Å²) in [6.45, 7) is 4.68. The molecule has 14 heavy (non-hydrogen) atoms. The van der Waals surface area contributed by atoms with Crippen molar-refractivity contribution in [2.75, 3.05) is 0 Å². The highest BCUT2D eigenvalue weighted by Gasteiger charge is 2.37. The summed E-state index contributed by atoms with van der Waals surface area (Å²) >= 11 is 1.77. The van der Waals surface area contributed by atoms with Crippen molar-refractivity contribution in [1.82, 2.24) is 4.98 Å². The Bertz CT molecular complexity index is 292. The Balaban J connectivity index is 2.22. The number of nitrogens with two attached hydrogens (primary N) is 1. The van der Waals surface area contributed by atoms with E-state index in [2.05, 4.69) is 24.2 Å². The Morgan fingerprint density at radius 1 is 1.57 bits per heavy atom. The number of thiazole rings is 1. The largest absolute Gasteiger partial charge is 0.328 e. The average Bonchev–Trinajstić information content (AvgIpc) is 2.62. The quantitative estimate of drug-likeness (QED) is 0.774. The van der Waals surface area contributed by atoms with Gasteiger partial charge < -0.3 is 5.73 Å². The lowest BCUT2D eigenvalue weighted by Gasteiger charge is -2.40. The van der Waals surface area contributed by atoms with E-state index in [0.29, 0.717) is 17.4 Å². The third kappa shape index (κ3) is 1.84. The Morgan fingerprint density at radius 2 is 2.36 bits per heavy atom. The van der Waals surface area contributed by atoms with Crippen molar-refractivity contribution in [1.29, 1.82) is 0 Å². The van der Waals surface area contributed by atoms with Crippen LogP contribution < -0.4 is 5.73 Å². The van der Waals surface area contributed by atoms with Crippen LogP contribution in [0, 0.1) is 5.41 Å². The molecule has 1 fully saturated rings. The first-order valence-electron chi connectivity index (χ1n) is 5.24. The van der Waals surface area contributed by atoms with E-state index in [4.69, 9.17) is 5.73 Å². The van der Waals surface area contributed by atoms with Crippen LogP contribution in [0.5, 0.6) is 0 Å². The first-order valence-corrected chi connectivity index (χ1v) is 6.12. The first-order chi connectivity index (χ1) is 6.59. The molecule has 2 unspecified atom stereocenters. The molecule has 1 saturated carbocycles. The van der Waals surface area contributed by atoms with Crippen molar-refractivity contribution in [3.63, 3.8) is 0 Å². The normalized spacial score (nSPS) is 31.6. The predicted octanol–water partition coefficient (Wildman–Crippen LogP) is 2.76. The molecular weight excluding hydrogens is 192 g/mol. The summed E-state index contributed by atoms with van der Waals surface area (Å²) in [5, 5.41) is 3.33. The van der Waals surface area contributed by atoms with Gasteiger partial charge in [-0.05, 0) is 24.7 Å². The zero-order valence-corrected chi connectivity index (χ0v) is 9.68. The van der Waals surface area contributed by atoms with Gasteiger partial charge in [0, 0.05) is 23.5 Å². The molecule has 0 radical (unpaired) electrons. The highest BCUT2D eigenvalue weighted by Crippen LogP contribution is 2.46. The van der Waals surface area contributed by atoms with Crippen LogP contribution in [0.25, 0.3) is 0 Å². The lowest BCUT2D eigenvalue weighted by atomic mass is 9.68. The fraction of sp³-hybridized carbons (Fsp3) is 0.727. The van der Waals surface area contributed by atoms with Gasteiger partial charge in [-0.1, -0.05) is 13.8 Å². The van der Waals surface area contributed by atoms with E-state index in [9.17, 15) is 0 Å². The molecule has 1 heterocycles. The van der Waals surface area contributed by atoms with Crippen LogP contribution in [0.2, 0.25) is 0 Å². The SMILES string of the molecule is CC1(C)CCC(N)CC1c1nccs1. The number of hydrogen-bond donors (Lipinski definition) is 1.